The monoisotopic (exact) mass is 269 g/mol. The van der Waals surface area contributed by atoms with Crippen molar-refractivity contribution in [1.82, 2.24) is 15.0 Å². The van der Waals surface area contributed by atoms with Crippen LogP contribution in [0.1, 0.15) is 6.92 Å². The molecule has 0 aliphatic carbocycles. The maximum absolute atomic E-state index is 5.67. The molecular formula is C15H15N3O2. The second-order valence-electron chi connectivity index (χ2n) is 4.27. The number of nitrogens with zero attached hydrogens (tertiary/aromatic N) is 2. The summed E-state index contributed by atoms with van der Waals surface area (Å²) in [6.07, 6.45) is 3.49. The first-order chi connectivity index (χ1) is 9.81. The van der Waals surface area contributed by atoms with Crippen LogP contribution in [0.3, 0.4) is 0 Å². The van der Waals surface area contributed by atoms with Crippen molar-refractivity contribution in [3.63, 3.8) is 0 Å². The van der Waals surface area contributed by atoms with Gasteiger partial charge in [0.1, 0.15) is 17.3 Å². The maximum Gasteiger partial charge on any atom is 0.142 e. The third kappa shape index (κ3) is 2.18. The van der Waals surface area contributed by atoms with Gasteiger partial charge in [-0.3, -0.25) is 4.98 Å². The number of hydrogen-bond acceptors (Lipinski definition) is 4. The zero-order valence-electron chi connectivity index (χ0n) is 11.4. The van der Waals surface area contributed by atoms with Gasteiger partial charge in [-0.1, -0.05) is 0 Å². The first-order valence-corrected chi connectivity index (χ1v) is 6.42. The molecule has 0 spiro atoms. The number of aromatic amines is 1. The first-order valence-electron chi connectivity index (χ1n) is 6.42. The Bertz CT molecular complexity index is 704. The van der Waals surface area contributed by atoms with Crippen LogP contribution in [0.15, 0.2) is 36.7 Å². The van der Waals surface area contributed by atoms with E-state index >= 15 is 0 Å². The quantitative estimate of drug-likeness (QED) is 0.790. The molecule has 3 aromatic rings. The predicted octanol–water partition coefficient (Wildman–Crippen LogP) is 3.03. The number of ether oxygens (including phenoxy) is 2. The number of benzene rings is 1. The van der Waals surface area contributed by atoms with E-state index in [9.17, 15) is 0 Å². The summed E-state index contributed by atoms with van der Waals surface area (Å²) in [6.45, 7) is 2.54. The molecule has 1 aromatic carbocycles. The van der Waals surface area contributed by atoms with Crippen molar-refractivity contribution >= 4 is 11.0 Å². The van der Waals surface area contributed by atoms with Gasteiger partial charge in [0.15, 0.2) is 0 Å². The number of rotatable bonds is 4. The van der Waals surface area contributed by atoms with Crippen LogP contribution < -0.4 is 9.47 Å². The van der Waals surface area contributed by atoms with Gasteiger partial charge in [0.25, 0.3) is 0 Å². The van der Waals surface area contributed by atoms with E-state index in [4.69, 9.17) is 9.47 Å². The van der Waals surface area contributed by atoms with E-state index in [1.165, 1.54) is 0 Å². The Labute approximate surface area is 116 Å². The molecule has 0 unspecified atom stereocenters. The number of H-pyrrole nitrogens is 1. The minimum Gasteiger partial charge on any atom is -0.497 e. The van der Waals surface area contributed by atoms with E-state index in [0.29, 0.717) is 6.61 Å². The van der Waals surface area contributed by atoms with Crippen LogP contribution in [0, 0.1) is 0 Å². The Kier molecular flexibility index (Phi) is 3.25. The maximum atomic E-state index is 5.67. The van der Waals surface area contributed by atoms with Crippen LogP contribution in [0.2, 0.25) is 0 Å². The van der Waals surface area contributed by atoms with E-state index in [1.807, 2.05) is 31.2 Å². The second kappa shape index (κ2) is 5.21. The van der Waals surface area contributed by atoms with Crippen molar-refractivity contribution in [2.75, 3.05) is 13.7 Å². The topological polar surface area (TPSA) is 60.0 Å². The standard InChI is InChI=1S/C15H15N3O2/c1-3-20-14-8-10(19-2)4-5-11(14)15-17-12-6-7-16-9-13(12)18-15/h4-9H,3H2,1-2H3,(H,17,18). The summed E-state index contributed by atoms with van der Waals surface area (Å²) in [4.78, 5) is 11.9. The molecule has 0 saturated carbocycles. The molecule has 20 heavy (non-hydrogen) atoms. The normalized spacial score (nSPS) is 10.7. The highest BCUT2D eigenvalue weighted by atomic mass is 16.5. The summed E-state index contributed by atoms with van der Waals surface area (Å²) in [5.41, 5.74) is 2.69. The zero-order chi connectivity index (χ0) is 13.9. The Morgan fingerprint density at radius 1 is 1.25 bits per heavy atom. The summed E-state index contributed by atoms with van der Waals surface area (Å²) < 4.78 is 10.9. The predicted molar refractivity (Wildman–Crippen MR) is 77.0 cm³/mol. The fraction of sp³-hybridized carbons (Fsp3) is 0.200. The van der Waals surface area contributed by atoms with Crippen molar-refractivity contribution < 1.29 is 9.47 Å². The van der Waals surface area contributed by atoms with Crippen LogP contribution in [-0.4, -0.2) is 28.7 Å². The number of imidazole rings is 1. The van der Waals surface area contributed by atoms with E-state index < -0.39 is 0 Å². The van der Waals surface area contributed by atoms with Crippen molar-refractivity contribution in [1.29, 1.82) is 0 Å². The molecule has 0 aliphatic heterocycles. The molecule has 3 rings (SSSR count). The minimum atomic E-state index is 0.585. The smallest absolute Gasteiger partial charge is 0.142 e. The number of nitrogens with one attached hydrogen (secondary N) is 1. The van der Waals surface area contributed by atoms with Gasteiger partial charge >= 0.3 is 0 Å². The largest absolute Gasteiger partial charge is 0.497 e. The van der Waals surface area contributed by atoms with Gasteiger partial charge in [-0.25, -0.2) is 4.98 Å². The van der Waals surface area contributed by atoms with E-state index in [-0.39, 0.29) is 0 Å². The summed E-state index contributed by atoms with van der Waals surface area (Å²) in [6, 6.07) is 7.57. The van der Waals surface area contributed by atoms with E-state index in [1.54, 1.807) is 19.5 Å². The van der Waals surface area contributed by atoms with Crippen LogP contribution >= 0.6 is 0 Å². The minimum absolute atomic E-state index is 0.585. The lowest BCUT2D eigenvalue weighted by Gasteiger charge is -2.10. The third-order valence-electron chi connectivity index (χ3n) is 3.03. The third-order valence-corrected chi connectivity index (χ3v) is 3.03. The summed E-state index contributed by atoms with van der Waals surface area (Å²) >= 11 is 0. The van der Waals surface area contributed by atoms with Crippen molar-refractivity contribution in [3.05, 3.63) is 36.7 Å². The number of fused-ring (bicyclic) bond motifs is 1. The lowest BCUT2D eigenvalue weighted by Crippen LogP contribution is -1.96. The average molecular weight is 269 g/mol. The number of hydrogen-bond donors (Lipinski definition) is 1. The molecule has 0 atom stereocenters. The van der Waals surface area contributed by atoms with Gasteiger partial charge in [0, 0.05) is 12.3 Å². The fourth-order valence-electron chi connectivity index (χ4n) is 2.08. The number of pyridine rings is 1. The molecule has 0 saturated heterocycles. The highest BCUT2D eigenvalue weighted by Gasteiger charge is 2.12. The lowest BCUT2D eigenvalue weighted by molar-refractivity contribution is 0.337. The highest BCUT2D eigenvalue weighted by molar-refractivity contribution is 5.80. The molecule has 0 radical (unpaired) electrons. The van der Waals surface area contributed by atoms with Gasteiger partial charge in [-0.15, -0.1) is 0 Å². The molecule has 0 amide bonds. The van der Waals surface area contributed by atoms with Gasteiger partial charge in [-0.05, 0) is 25.1 Å². The molecule has 5 nitrogen and oxygen atoms in total. The molecule has 0 aliphatic rings. The highest BCUT2D eigenvalue weighted by Crippen LogP contribution is 2.32. The Balaban J connectivity index is 2.12. The van der Waals surface area contributed by atoms with Crippen molar-refractivity contribution in [2.24, 2.45) is 0 Å². The van der Waals surface area contributed by atoms with Crippen molar-refractivity contribution in [3.8, 4) is 22.9 Å². The summed E-state index contributed by atoms with van der Waals surface area (Å²) in [7, 11) is 1.64. The van der Waals surface area contributed by atoms with E-state index in [0.717, 1.165) is 33.9 Å². The Hall–Kier alpha value is -2.56. The zero-order valence-corrected chi connectivity index (χ0v) is 11.4. The molecule has 5 heteroatoms. The number of aromatic nitrogens is 3. The Morgan fingerprint density at radius 3 is 2.90 bits per heavy atom. The summed E-state index contributed by atoms with van der Waals surface area (Å²) in [5.74, 6) is 2.27. The SMILES string of the molecule is CCOc1cc(OC)ccc1-c1nc2ccncc2[nH]1. The summed E-state index contributed by atoms with van der Waals surface area (Å²) in [5, 5.41) is 0. The van der Waals surface area contributed by atoms with Crippen LogP contribution in [0.4, 0.5) is 0 Å². The van der Waals surface area contributed by atoms with Gasteiger partial charge < -0.3 is 14.5 Å². The molecule has 102 valence electrons. The fourth-order valence-corrected chi connectivity index (χ4v) is 2.08. The first kappa shape index (κ1) is 12.5. The van der Waals surface area contributed by atoms with Crippen LogP contribution in [-0.2, 0) is 0 Å². The molecule has 0 fully saturated rings. The molecule has 1 N–H and O–H groups in total. The van der Waals surface area contributed by atoms with Gasteiger partial charge in [0.2, 0.25) is 0 Å². The lowest BCUT2D eigenvalue weighted by atomic mass is 10.2. The van der Waals surface area contributed by atoms with Crippen LogP contribution in [0.5, 0.6) is 11.5 Å². The molecule has 0 bridgehead atoms. The molecule has 2 heterocycles. The average Bonchev–Trinajstić information content (AvgIpc) is 2.91. The molecular weight excluding hydrogens is 254 g/mol. The Morgan fingerprint density at radius 2 is 2.15 bits per heavy atom. The van der Waals surface area contributed by atoms with Crippen molar-refractivity contribution in [2.45, 2.75) is 6.92 Å². The second-order valence-corrected chi connectivity index (χ2v) is 4.27. The number of methoxy groups -OCH3 is 1. The van der Waals surface area contributed by atoms with Gasteiger partial charge in [-0.2, -0.15) is 0 Å². The van der Waals surface area contributed by atoms with Gasteiger partial charge in [0.05, 0.1) is 36.5 Å². The molecule has 2 aromatic heterocycles. The van der Waals surface area contributed by atoms with Crippen LogP contribution in [0.25, 0.3) is 22.4 Å². The van der Waals surface area contributed by atoms with E-state index in [2.05, 4.69) is 15.0 Å².